The molecule has 0 saturated carbocycles. The van der Waals surface area contributed by atoms with E-state index in [1.807, 2.05) is 6.20 Å². The molecule has 1 atom stereocenters. The van der Waals surface area contributed by atoms with E-state index in [0.29, 0.717) is 6.04 Å². The van der Waals surface area contributed by atoms with Crippen LogP contribution in [0.1, 0.15) is 31.5 Å². The minimum Gasteiger partial charge on any atom is -0.327 e. The maximum Gasteiger partial charge on any atom is 0.136 e. The molecule has 2 N–H and O–H groups in total. The van der Waals surface area contributed by atoms with E-state index in [1.165, 1.54) is 11.3 Å². The summed E-state index contributed by atoms with van der Waals surface area (Å²) in [7, 11) is 0. The quantitative estimate of drug-likeness (QED) is 0.927. The maximum atomic E-state index is 6.21. The topological polar surface area (TPSA) is 46.6 Å². The van der Waals surface area contributed by atoms with Gasteiger partial charge in [-0.05, 0) is 30.4 Å². The molecule has 2 aromatic heterocycles. The number of nitrogens with zero attached hydrogens (tertiary/aromatic N) is 3. The number of halogens is 1. The molecule has 1 saturated heterocycles. The molecule has 3 heterocycles. The van der Waals surface area contributed by atoms with Crippen molar-refractivity contribution in [2.24, 2.45) is 11.1 Å². The minimum absolute atomic E-state index is 0. The van der Waals surface area contributed by atoms with Crippen molar-refractivity contribution in [3.63, 3.8) is 0 Å². The van der Waals surface area contributed by atoms with Gasteiger partial charge in [-0.1, -0.05) is 19.9 Å². The van der Waals surface area contributed by atoms with Crippen LogP contribution in [0.2, 0.25) is 0 Å². The van der Waals surface area contributed by atoms with Gasteiger partial charge in [0.2, 0.25) is 0 Å². The molecular weight excluding hydrogens is 284 g/mol. The van der Waals surface area contributed by atoms with Crippen molar-refractivity contribution in [2.75, 3.05) is 13.1 Å². The number of hydrogen-bond donors (Lipinski definition) is 1. The standard InChI is InChI=1S/C16H24N4.ClH/c1-12-4-5-15-18-8-13(20(15)9-12)10-19-7-6-14(17)16(2,3)11-19;/h4-5,8-9,14H,6-7,10-11,17H2,1-3H3;1H. The second kappa shape index (κ2) is 5.95. The molecule has 1 aliphatic heterocycles. The molecule has 0 aliphatic carbocycles. The van der Waals surface area contributed by atoms with Crippen LogP contribution in [0.25, 0.3) is 5.65 Å². The Morgan fingerprint density at radius 3 is 2.86 bits per heavy atom. The third-order valence-corrected chi connectivity index (χ3v) is 4.51. The smallest absolute Gasteiger partial charge is 0.136 e. The summed E-state index contributed by atoms with van der Waals surface area (Å²) in [5.41, 5.74) is 9.95. The first-order valence-corrected chi connectivity index (χ1v) is 7.36. The van der Waals surface area contributed by atoms with E-state index < -0.39 is 0 Å². The lowest BCUT2D eigenvalue weighted by Crippen LogP contribution is -2.52. The Bertz CT molecular complexity index is 620. The van der Waals surface area contributed by atoms with Crippen molar-refractivity contribution < 1.29 is 0 Å². The molecule has 116 valence electrons. The third kappa shape index (κ3) is 3.23. The van der Waals surface area contributed by atoms with Gasteiger partial charge in [-0.15, -0.1) is 12.4 Å². The molecule has 1 fully saturated rings. The number of aromatic nitrogens is 2. The number of imidazole rings is 1. The summed E-state index contributed by atoms with van der Waals surface area (Å²) >= 11 is 0. The molecule has 0 radical (unpaired) electrons. The molecule has 0 amide bonds. The summed E-state index contributed by atoms with van der Waals surface area (Å²) in [6.45, 7) is 9.72. The van der Waals surface area contributed by atoms with E-state index in [0.717, 1.165) is 31.7 Å². The van der Waals surface area contributed by atoms with Gasteiger partial charge in [-0.2, -0.15) is 0 Å². The zero-order chi connectivity index (χ0) is 14.3. The van der Waals surface area contributed by atoms with Crippen LogP contribution < -0.4 is 5.73 Å². The first kappa shape index (κ1) is 16.3. The number of rotatable bonds is 2. The lowest BCUT2D eigenvalue weighted by atomic mass is 9.80. The SMILES string of the molecule is Cc1ccc2ncc(CN3CCC(N)C(C)(C)C3)n2c1.Cl. The van der Waals surface area contributed by atoms with Gasteiger partial charge in [0.1, 0.15) is 5.65 Å². The summed E-state index contributed by atoms with van der Waals surface area (Å²) in [4.78, 5) is 6.98. The predicted octanol–water partition coefficient (Wildman–Crippen LogP) is 2.62. The Morgan fingerprint density at radius 2 is 2.14 bits per heavy atom. The zero-order valence-electron chi connectivity index (χ0n) is 13.0. The minimum atomic E-state index is 0. The highest BCUT2D eigenvalue weighted by molar-refractivity contribution is 5.85. The van der Waals surface area contributed by atoms with Crippen LogP contribution in [-0.2, 0) is 6.54 Å². The fraction of sp³-hybridized carbons (Fsp3) is 0.562. The molecule has 5 heteroatoms. The van der Waals surface area contributed by atoms with Crippen molar-refractivity contribution in [1.29, 1.82) is 0 Å². The molecule has 21 heavy (non-hydrogen) atoms. The number of piperidine rings is 1. The highest BCUT2D eigenvalue weighted by Gasteiger charge is 2.33. The monoisotopic (exact) mass is 308 g/mol. The normalized spacial score (nSPS) is 22.2. The van der Waals surface area contributed by atoms with Crippen LogP contribution in [-0.4, -0.2) is 33.4 Å². The van der Waals surface area contributed by atoms with Crippen molar-refractivity contribution in [3.05, 3.63) is 35.8 Å². The second-order valence-corrected chi connectivity index (χ2v) is 6.78. The number of pyridine rings is 1. The van der Waals surface area contributed by atoms with Gasteiger partial charge in [-0.3, -0.25) is 4.90 Å². The Kier molecular flexibility index (Phi) is 4.61. The molecule has 2 aromatic rings. The molecule has 1 unspecified atom stereocenters. The van der Waals surface area contributed by atoms with E-state index in [2.05, 4.69) is 53.4 Å². The van der Waals surface area contributed by atoms with E-state index in [4.69, 9.17) is 5.73 Å². The number of likely N-dealkylation sites (tertiary alicyclic amines) is 1. The van der Waals surface area contributed by atoms with E-state index in [-0.39, 0.29) is 17.8 Å². The van der Waals surface area contributed by atoms with Crippen LogP contribution in [0.5, 0.6) is 0 Å². The van der Waals surface area contributed by atoms with Crippen molar-refractivity contribution >= 4 is 18.1 Å². The molecule has 1 aliphatic rings. The number of nitrogens with two attached hydrogens (primary N) is 1. The average Bonchev–Trinajstić information content (AvgIpc) is 2.76. The van der Waals surface area contributed by atoms with Crippen molar-refractivity contribution in [3.8, 4) is 0 Å². The van der Waals surface area contributed by atoms with Gasteiger partial charge in [0.15, 0.2) is 0 Å². The summed E-state index contributed by atoms with van der Waals surface area (Å²) in [6.07, 6.45) is 5.23. The Hall–Kier alpha value is -1.10. The van der Waals surface area contributed by atoms with Gasteiger partial charge < -0.3 is 10.1 Å². The fourth-order valence-electron chi connectivity index (χ4n) is 3.10. The number of fused-ring (bicyclic) bond motifs is 1. The molecule has 4 nitrogen and oxygen atoms in total. The van der Waals surface area contributed by atoms with Gasteiger partial charge >= 0.3 is 0 Å². The second-order valence-electron chi connectivity index (χ2n) is 6.78. The predicted molar refractivity (Wildman–Crippen MR) is 88.8 cm³/mol. The molecule has 0 aromatic carbocycles. The van der Waals surface area contributed by atoms with Crippen LogP contribution in [0.15, 0.2) is 24.5 Å². The van der Waals surface area contributed by atoms with E-state index in [9.17, 15) is 0 Å². The van der Waals surface area contributed by atoms with Gasteiger partial charge in [0.25, 0.3) is 0 Å². The lowest BCUT2D eigenvalue weighted by molar-refractivity contribution is 0.0887. The number of aryl methyl sites for hydroxylation is 1. The average molecular weight is 309 g/mol. The summed E-state index contributed by atoms with van der Waals surface area (Å²) in [5, 5.41) is 0. The van der Waals surface area contributed by atoms with Gasteiger partial charge in [0, 0.05) is 31.9 Å². The molecule has 0 bridgehead atoms. The molecule has 3 rings (SSSR count). The van der Waals surface area contributed by atoms with Crippen LogP contribution >= 0.6 is 12.4 Å². The Labute approximate surface area is 132 Å². The van der Waals surface area contributed by atoms with Gasteiger partial charge in [-0.25, -0.2) is 4.98 Å². The molecule has 0 spiro atoms. The van der Waals surface area contributed by atoms with Crippen LogP contribution in [0.4, 0.5) is 0 Å². The third-order valence-electron chi connectivity index (χ3n) is 4.51. The Balaban J connectivity index is 0.00000161. The highest BCUT2D eigenvalue weighted by Crippen LogP contribution is 2.28. The van der Waals surface area contributed by atoms with Crippen molar-refractivity contribution in [2.45, 2.75) is 39.8 Å². The van der Waals surface area contributed by atoms with Crippen LogP contribution in [0, 0.1) is 12.3 Å². The maximum absolute atomic E-state index is 6.21. The summed E-state index contributed by atoms with van der Waals surface area (Å²) in [5.74, 6) is 0. The summed E-state index contributed by atoms with van der Waals surface area (Å²) in [6, 6.07) is 4.49. The Morgan fingerprint density at radius 1 is 1.38 bits per heavy atom. The largest absolute Gasteiger partial charge is 0.327 e. The van der Waals surface area contributed by atoms with E-state index >= 15 is 0 Å². The lowest BCUT2D eigenvalue weighted by Gasteiger charge is -2.42. The van der Waals surface area contributed by atoms with E-state index in [1.54, 1.807) is 0 Å². The summed E-state index contributed by atoms with van der Waals surface area (Å²) < 4.78 is 2.21. The van der Waals surface area contributed by atoms with Gasteiger partial charge in [0.05, 0.1) is 11.9 Å². The van der Waals surface area contributed by atoms with Crippen LogP contribution in [0.3, 0.4) is 0 Å². The molecular formula is C16H25ClN4. The number of hydrogen-bond acceptors (Lipinski definition) is 3. The highest BCUT2D eigenvalue weighted by atomic mass is 35.5. The zero-order valence-corrected chi connectivity index (χ0v) is 13.9. The fourth-order valence-corrected chi connectivity index (χ4v) is 3.10. The first-order valence-electron chi connectivity index (χ1n) is 7.36. The van der Waals surface area contributed by atoms with Crippen molar-refractivity contribution in [1.82, 2.24) is 14.3 Å². The first-order chi connectivity index (χ1) is 9.45.